The third-order valence-corrected chi connectivity index (χ3v) is 4.55. The summed E-state index contributed by atoms with van der Waals surface area (Å²) in [6.45, 7) is 1.64. The van der Waals surface area contributed by atoms with Crippen LogP contribution in [0.1, 0.15) is 24.8 Å². The third-order valence-electron chi connectivity index (χ3n) is 4.30. The molecule has 2 atom stereocenters. The molecule has 0 fully saturated rings. The summed E-state index contributed by atoms with van der Waals surface area (Å²) in [4.78, 5) is 12.6. The molecule has 0 aliphatic carbocycles. The van der Waals surface area contributed by atoms with Crippen molar-refractivity contribution in [2.75, 3.05) is 5.32 Å². The van der Waals surface area contributed by atoms with Gasteiger partial charge in [0.05, 0.1) is 11.6 Å². The SMILES string of the molecule is CC1=[N+]([O-])[C@H](C(=O)Nc2cccc(F)c2F)[C@@H](c2ccc(Cl)cc2)C1. The van der Waals surface area contributed by atoms with Gasteiger partial charge in [0.2, 0.25) is 6.04 Å². The Labute approximate surface area is 148 Å². The summed E-state index contributed by atoms with van der Waals surface area (Å²) in [5.74, 6) is -3.31. The van der Waals surface area contributed by atoms with E-state index >= 15 is 0 Å². The van der Waals surface area contributed by atoms with Crippen molar-refractivity contribution in [1.29, 1.82) is 0 Å². The molecule has 3 rings (SSSR count). The van der Waals surface area contributed by atoms with Crippen LogP contribution in [0.15, 0.2) is 42.5 Å². The maximum atomic E-state index is 13.8. The van der Waals surface area contributed by atoms with Crippen molar-refractivity contribution < 1.29 is 18.3 Å². The Kier molecular flexibility index (Phi) is 4.72. The van der Waals surface area contributed by atoms with Crippen molar-refractivity contribution in [3.05, 3.63) is 69.9 Å². The predicted molar refractivity (Wildman–Crippen MR) is 91.9 cm³/mol. The molecule has 25 heavy (non-hydrogen) atoms. The molecule has 0 radical (unpaired) electrons. The molecule has 0 bridgehead atoms. The number of benzene rings is 2. The fourth-order valence-corrected chi connectivity index (χ4v) is 3.15. The molecular formula is C18H15ClF2N2O2. The van der Waals surface area contributed by atoms with Crippen LogP contribution in [0.2, 0.25) is 5.02 Å². The van der Waals surface area contributed by atoms with Crippen LogP contribution in [-0.2, 0) is 4.79 Å². The number of nitrogens with zero attached hydrogens (tertiary/aromatic N) is 1. The summed E-state index contributed by atoms with van der Waals surface area (Å²) in [5.41, 5.74) is 0.986. The molecule has 1 aliphatic rings. The zero-order valence-corrected chi connectivity index (χ0v) is 14.1. The molecule has 130 valence electrons. The predicted octanol–water partition coefficient (Wildman–Crippen LogP) is 4.08. The largest absolute Gasteiger partial charge is 0.623 e. The highest BCUT2D eigenvalue weighted by Crippen LogP contribution is 2.32. The molecular weight excluding hydrogens is 350 g/mol. The Bertz CT molecular complexity index is 853. The number of carbonyl (C=O) groups is 1. The average molecular weight is 365 g/mol. The van der Waals surface area contributed by atoms with Crippen LogP contribution in [0.4, 0.5) is 14.5 Å². The maximum absolute atomic E-state index is 13.8. The third kappa shape index (κ3) is 3.35. The minimum atomic E-state index is -1.16. The highest BCUT2D eigenvalue weighted by atomic mass is 35.5. The Morgan fingerprint density at radius 3 is 2.60 bits per heavy atom. The number of hydrogen-bond acceptors (Lipinski definition) is 2. The van der Waals surface area contributed by atoms with Crippen LogP contribution in [0, 0.1) is 16.8 Å². The van der Waals surface area contributed by atoms with E-state index in [9.17, 15) is 18.8 Å². The van der Waals surface area contributed by atoms with E-state index in [1.807, 2.05) is 0 Å². The van der Waals surface area contributed by atoms with Gasteiger partial charge in [-0.1, -0.05) is 29.8 Å². The first-order valence-electron chi connectivity index (χ1n) is 7.67. The summed E-state index contributed by atoms with van der Waals surface area (Å²) >= 11 is 5.88. The molecule has 0 saturated carbocycles. The molecule has 2 aromatic rings. The number of hydrogen-bond donors (Lipinski definition) is 1. The van der Waals surface area contributed by atoms with E-state index in [0.29, 0.717) is 21.9 Å². The molecule has 1 amide bonds. The number of hydroxylamine groups is 1. The number of nitrogens with one attached hydrogen (secondary N) is 1. The van der Waals surface area contributed by atoms with Crippen LogP contribution in [0.5, 0.6) is 0 Å². The van der Waals surface area contributed by atoms with Gasteiger partial charge in [-0.25, -0.2) is 13.5 Å². The van der Waals surface area contributed by atoms with Crippen LogP contribution in [0.25, 0.3) is 0 Å². The van der Waals surface area contributed by atoms with E-state index in [4.69, 9.17) is 11.6 Å². The Balaban J connectivity index is 1.89. The first-order valence-corrected chi connectivity index (χ1v) is 8.05. The molecule has 0 spiro atoms. The highest BCUT2D eigenvalue weighted by Gasteiger charge is 2.43. The van der Waals surface area contributed by atoms with Crippen molar-refractivity contribution in [3.8, 4) is 0 Å². The van der Waals surface area contributed by atoms with Gasteiger partial charge in [0.15, 0.2) is 17.3 Å². The van der Waals surface area contributed by atoms with Crippen LogP contribution in [-0.4, -0.2) is 22.4 Å². The summed E-state index contributed by atoms with van der Waals surface area (Å²) in [7, 11) is 0. The lowest BCUT2D eigenvalue weighted by atomic mass is 9.90. The van der Waals surface area contributed by atoms with Gasteiger partial charge in [-0.3, -0.25) is 4.79 Å². The molecule has 4 nitrogen and oxygen atoms in total. The molecule has 1 aliphatic heterocycles. The van der Waals surface area contributed by atoms with Gasteiger partial charge in [-0.05, 0) is 29.8 Å². The number of anilines is 1. The van der Waals surface area contributed by atoms with Gasteiger partial charge in [-0.15, -0.1) is 0 Å². The quantitative estimate of drug-likeness (QED) is 0.659. The lowest BCUT2D eigenvalue weighted by molar-refractivity contribution is -0.479. The lowest BCUT2D eigenvalue weighted by Crippen LogP contribution is -2.37. The van der Waals surface area contributed by atoms with Crippen molar-refractivity contribution in [3.63, 3.8) is 0 Å². The fourth-order valence-electron chi connectivity index (χ4n) is 3.03. The van der Waals surface area contributed by atoms with Gasteiger partial charge in [0, 0.05) is 18.4 Å². The number of halogens is 3. The molecule has 7 heteroatoms. The summed E-state index contributed by atoms with van der Waals surface area (Å²) in [6, 6.07) is 9.28. The molecule has 1 heterocycles. The second-order valence-corrected chi connectivity index (χ2v) is 6.40. The average Bonchev–Trinajstić information content (AvgIpc) is 2.88. The topological polar surface area (TPSA) is 55.2 Å². The molecule has 0 unspecified atom stereocenters. The maximum Gasteiger partial charge on any atom is 0.295 e. The molecule has 0 saturated heterocycles. The number of carbonyl (C=O) groups excluding carboxylic acids is 1. The number of amides is 1. The zero-order chi connectivity index (χ0) is 18.1. The standard InChI is InChI=1S/C18H15ClF2N2O2/c1-10-9-13(11-5-7-12(19)8-6-11)17(23(10)25)18(24)22-15-4-2-3-14(20)16(15)21/h2-8,13,17H,9H2,1H3,(H,22,24)/t13-,17+/m1/s1. The summed E-state index contributed by atoms with van der Waals surface area (Å²) < 4.78 is 27.7. The van der Waals surface area contributed by atoms with Gasteiger partial charge in [-0.2, -0.15) is 0 Å². The Morgan fingerprint density at radius 1 is 1.24 bits per heavy atom. The van der Waals surface area contributed by atoms with Gasteiger partial charge in [0.1, 0.15) is 0 Å². The summed E-state index contributed by atoms with van der Waals surface area (Å²) in [5, 5.41) is 15.2. The van der Waals surface area contributed by atoms with E-state index in [-0.39, 0.29) is 5.69 Å². The Morgan fingerprint density at radius 2 is 1.92 bits per heavy atom. The molecule has 0 aromatic heterocycles. The van der Waals surface area contributed by atoms with Gasteiger partial charge >= 0.3 is 0 Å². The van der Waals surface area contributed by atoms with E-state index in [2.05, 4.69) is 5.32 Å². The molecule has 2 aromatic carbocycles. The zero-order valence-electron chi connectivity index (χ0n) is 13.3. The smallest absolute Gasteiger partial charge is 0.295 e. The monoisotopic (exact) mass is 364 g/mol. The van der Waals surface area contributed by atoms with E-state index in [1.165, 1.54) is 12.1 Å². The second kappa shape index (κ2) is 6.80. The number of rotatable bonds is 3. The van der Waals surface area contributed by atoms with Crippen LogP contribution >= 0.6 is 11.6 Å². The lowest BCUT2D eigenvalue weighted by Gasteiger charge is -2.19. The van der Waals surface area contributed by atoms with Crippen LogP contribution < -0.4 is 5.32 Å². The van der Waals surface area contributed by atoms with Gasteiger partial charge in [0.25, 0.3) is 5.91 Å². The van der Waals surface area contributed by atoms with Crippen LogP contribution in [0.3, 0.4) is 0 Å². The van der Waals surface area contributed by atoms with Crippen molar-refractivity contribution >= 4 is 28.9 Å². The minimum Gasteiger partial charge on any atom is -0.623 e. The second-order valence-electron chi connectivity index (χ2n) is 5.96. The van der Waals surface area contributed by atoms with Crippen molar-refractivity contribution in [2.24, 2.45) is 0 Å². The van der Waals surface area contributed by atoms with E-state index < -0.39 is 29.5 Å². The van der Waals surface area contributed by atoms with Crippen molar-refractivity contribution in [2.45, 2.75) is 25.3 Å². The van der Waals surface area contributed by atoms with Gasteiger partial charge < -0.3 is 10.5 Å². The highest BCUT2D eigenvalue weighted by molar-refractivity contribution is 6.30. The van der Waals surface area contributed by atoms with E-state index in [0.717, 1.165) is 11.6 Å². The first-order chi connectivity index (χ1) is 11.9. The Hall–Kier alpha value is -2.47. The normalized spacial score (nSPS) is 20.0. The summed E-state index contributed by atoms with van der Waals surface area (Å²) in [6.07, 6.45) is 0.398. The minimum absolute atomic E-state index is 0.294. The van der Waals surface area contributed by atoms with Crippen molar-refractivity contribution in [1.82, 2.24) is 0 Å². The van der Waals surface area contributed by atoms with E-state index in [1.54, 1.807) is 31.2 Å². The molecule has 1 N–H and O–H groups in total. The first kappa shape index (κ1) is 17.4. The fraction of sp³-hybridized carbons (Fsp3) is 0.222.